The number of amides is 3. The first kappa shape index (κ1) is 19.8. The zero-order chi connectivity index (χ0) is 20.1. The monoisotopic (exact) mass is 403 g/mol. The van der Waals surface area contributed by atoms with Gasteiger partial charge in [-0.15, -0.1) is 0 Å². The Kier molecular flexibility index (Phi) is 6.26. The average molecular weight is 404 g/mol. The maximum absolute atomic E-state index is 13.9. The Morgan fingerprint density at radius 3 is 2.29 bits per heavy atom. The van der Waals surface area contributed by atoms with E-state index in [0.717, 1.165) is 6.07 Å². The number of rotatable bonds is 4. The molecular weight excluding hydrogens is 385 g/mol. The lowest BCUT2D eigenvalue weighted by atomic mass is 10.1. The van der Waals surface area contributed by atoms with Gasteiger partial charge in [-0.05, 0) is 30.3 Å². The van der Waals surface area contributed by atoms with E-state index in [4.69, 9.17) is 11.6 Å². The van der Waals surface area contributed by atoms with Crippen molar-refractivity contribution in [2.75, 3.05) is 32.7 Å². The average Bonchev–Trinajstić information content (AvgIpc) is 2.73. The predicted octanol–water partition coefficient (Wildman–Crippen LogP) is 2.19. The molecule has 1 heterocycles. The Balaban J connectivity index is 1.50. The van der Waals surface area contributed by atoms with Crippen molar-refractivity contribution < 1.29 is 18.8 Å². The molecule has 0 unspecified atom stereocenters. The second kappa shape index (κ2) is 8.84. The van der Waals surface area contributed by atoms with E-state index < -0.39 is 11.7 Å². The molecule has 0 saturated carbocycles. The van der Waals surface area contributed by atoms with Gasteiger partial charge in [0.1, 0.15) is 5.82 Å². The minimum atomic E-state index is -0.628. The molecular formula is C20H19ClFN3O3. The van der Waals surface area contributed by atoms with E-state index in [0.29, 0.717) is 18.7 Å². The van der Waals surface area contributed by atoms with Crippen LogP contribution in [0.3, 0.4) is 0 Å². The topological polar surface area (TPSA) is 69.7 Å². The molecule has 3 rings (SSSR count). The van der Waals surface area contributed by atoms with Crippen LogP contribution < -0.4 is 5.32 Å². The van der Waals surface area contributed by atoms with Crippen LogP contribution in [-0.4, -0.2) is 60.2 Å². The maximum atomic E-state index is 13.9. The Hall–Kier alpha value is -2.93. The molecule has 0 aliphatic carbocycles. The molecule has 1 N–H and O–H groups in total. The molecule has 0 spiro atoms. The fraction of sp³-hybridized carbons (Fsp3) is 0.250. The molecule has 146 valence electrons. The molecule has 0 radical (unpaired) electrons. The van der Waals surface area contributed by atoms with Gasteiger partial charge in [0.2, 0.25) is 5.91 Å². The zero-order valence-corrected chi connectivity index (χ0v) is 15.8. The molecule has 8 heteroatoms. The van der Waals surface area contributed by atoms with Crippen LogP contribution in [0.1, 0.15) is 20.7 Å². The van der Waals surface area contributed by atoms with Crippen LogP contribution in [0, 0.1) is 5.82 Å². The highest BCUT2D eigenvalue weighted by atomic mass is 35.5. The lowest BCUT2D eigenvalue weighted by molar-refractivity contribution is -0.131. The highest BCUT2D eigenvalue weighted by Crippen LogP contribution is 2.17. The number of carbonyl (C=O) groups is 3. The standard InChI is InChI=1S/C20H19ClFN3O3/c21-15-6-7-17(22)16(12-15)20(28)25-10-8-24(9-11-25)18(26)13-23-19(27)14-4-2-1-3-5-14/h1-7,12H,8-11,13H2,(H,23,27). The van der Waals surface area contributed by atoms with Crippen molar-refractivity contribution in [2.45, 2.75) is 0 Å². The van der Waals surface area contributed by atoms with Crippen LogP contribution in [0.5, 0.6) is 0 Å². The second-order valence-electron chi connectivity index (χ2n) is 6.35. The number of piperazine rings is 1. The fourth-order valence-electron chi connectivity index (χ4n) is 2.95. The van der Waals surface area contributed by atoms with Gasteiger partial charge in [-0.3, -0.25) is 14.4 Å². The van der Waals surface area contributed by atoms with Gasteiger partial charge < -0.3 is 15.1 Å². The summed E-state index contributed by atoms with van der Waals surface area (Å²) < 4.78 is 13.9. The molecule has 6 nitrogen and oxygen atoms in total. The number of nitrogens with zero attached hydrogens (tertiary/aromatic N) is 2. The third-order valence-electron chi connectivity index (χ3n) is 4.51. The zero-order valence-electron chi connectivity index (χ0n) is 15.0. The van der Waals surface area contributed by atoms with Gasteiger partial charge in [-0.1, -0.05) is 29.8 Å². The third-order valence-corrected chi connectivity index (χ3v) is 4.75. The summed E-state index contributed by atoms with van der Waals surface area (Å²) >= 11 is 5.84. The quantitative estimate of drug-likeness (QED) is 0.850. The van der Waals surface area contributed by atoms with Crippen molar-refractivity contribution in [1.82, 2.24) is 15.1 Å². The smallest absolute Gasteiger partial charge is 0.257 e. The highest BCUT2D eigenvalue weighted by Gasteiger charge is 2.26. The van der Waals surface area contributed by atoms with Crippen LogP contribution in [0.4, 0.5) is 4.39 Å². The summed E-state index contributed by atoms with van der Waals surface area (Å²) in [7, 11) is 0. The largest absolute Gasteiger partial charge is 0.343 e. The Morgan fingerprint density at radius 2 is 1.61 bits per heavy atom. The number of carbonyl (C=O) groups excluding carboxylic acids is 3. The van der Waals surface area contributed by atoms with Gasteiger partial charge in [0.15, 0.2) is 0 Å². The van der Waals surface area contributed by atoms with Crippen LogP contribution >= 0.6 is 11.6 Å². The van der Waals surface area contributed by atoms with Crippen LogP contribution in [0.15, 0.2) is 48.5 Å². The Morgan fingerprint density at radius 1 is 0.964 bits per heavy atom. The van der Waals surface area contributed by atoms with Crippen molar-refractivity contribution >= 4 is 29.3 Å². The minimum absolute atomic E-state index is 0.0811. The summed E-state index contributed by atoms with van der Waals surface area (Å²) in [5.41, 5.74) is 0.400. The Labute approximate surface area is 166 Å². The third kappa shape index (κ3) is 4.67. The van der Waals surface area contributed by atoms with Crippen LogP contribution in [-0.2, 0) is 4.79 Å². The lowest BCUT2D eigenvalue weighted by Crippen LogP contribution is -2.52. The molecule has 2 aromatic carbocycles. The van der Waals surface area contributed by atoms with Crippen LogP contribution in [0.25, 0.3) is 0 Å². The highest BCUT2D eigenvalue weighted by molar-refractivity contribution is 6.31. The van der Waals surface area contributed by atoms with Crippen molar-refractivity contribution in [1.29, 1.82) is 0 Å². The van der Waals surface area contributed by atoms with Gasteiger partial charge >= 0.3 is 0 Å². The molecule has 3 amide bonds. The molecule has 2 aromatic rings. The predicted molar refractivity (Wildman–Crippen MR) is 103 cm³/mol. The van der Waals surface area contributed by atoms with E-state index in [9.17, 15) is 18.8 Å². The first-order valence-corrected chi connectivity index (χ1v) is 9.19. The van der Waals surface area contributed by atoms with Gasteiger partial charge in [-0.25, -0.2) is 4.39 Å². The Bertz CT molecular complexity index is 884. The van der Waals surface area contributed by atoms with E-state index >= 15 is 0 Å². The number of nitrogens with one attached hydrogen (secondary N) is 1. The number of benzene rings is 2. The molecule has 0 aromatic heterocycles. The normalized spacial score (nSPS) is 13.9. The van der Waals surface area contributed by atoms with E-state index in [1.165, 1.54) is 17.0 Å². The van der Waals surface area contributed by atoms with E-state index in [1.54, 1.807) is 35.2 Å². The van der Waals surface area contributed by atoms with Gasteiger partial charge in [-0.2, -0.15) is 0 Å². The van der Waals surface area contributed by atoms with E-state index in [-0.39, 0.29) is 42.0 Å². The summed E-state index contributed by atoms with van der Waals surface area (Å²) in [6.45, 7) is 1.07. The summed E-state index contributed by atoms with van der Waals surface area (Å²) in [6, 6.07) is 12.5. The van der Waals surface area contributed by atoms with Gasteiger partial charge in [0.05, 0.1) is 12.1 Å². The number of hydrogen-bond acceptors (Lipinski definition) is 3. The van der Waals surface area contributed by atoms with Crippen molar-refractivity contribution in [3.8, 4) is 0 Å². The molecule has 1 saturated heterocycles. The van der Waals surface area contributed by atoms with Crippen molar-refractivity contribution in [3.63, 3.8) is 0 Å². The molecule has 1 aliphatic heterocycles. The van der Waals surface area contributed by atoms with E-state index in [2.05, 4.69) is 5.32 Å². The van der Waals surface area contributed by atoms with E-state index in [1.807, 2.05) is 0 Å². The summed E-state index contributed by atoms with van der Waals surface area (Å²) in [5.74, 6) is -1.63. The molecule has 0 atom stereocenters. The van der Waals surface area contributed by atoms with Crippen LogP contribution in [0.2, 0.25) is 5.02 Å². The number of hydrogen-bond donors (Lipinski definition) is 1. The SMILES string of the molecule is O=C(NCC(=O)N1CCN(C(=O)c2cc(Cl)ccc2F)CC1)c1ccccc1. The lowest BCUT2D eigenvalue weighted by Gasteiger charge is -2.35. The molecule has 1 aliphatic rings. The first-order valence-electron chi connectivity index (χ1n) is 8.81. The summed E-state index contributed by atoms with van der Waals surface area (Å²) in [6.07, 6.45) is 0. The van der Waals surface area contributed by atoms with Gasteiger partial charge in [0, 0.05) is 36.8 Å². The molecule has 28 heavy (non-hydrogen) atoms. The molecule has 1 fully saturated rings. The maximum Gasteiger partial charge on any atom is 0.257 e. The van der Waals surface area contributed by atoms with Crippen molar-refractivity contribution in [3.05, 3.63) is 70.5 Å². The van der Waals surface area contributed by atoms with Crippen molar-refractivity contribution in [2.24, 2.45) is 0 Å². The first-order chi connectivity index (χ1) is 13.5. The second-order valence-corrected chi connectivity index (χ2v) is 6.78. The molecule has 0 bridgehead atoms. The minimum Gasteiger partial charge on any atom is -0.343 e. The summed E-state index contributed by atoms with van der Waals surface area (Å²) in [5, 5.41) is 2.88. The summed E-state index contributed by atoms with van der Waals surface area (Å²) in [4.78, 5) is 39.9. The van der Waals surface area contributed by atoms with Gasteiger partial charge in [0.25, 0.3) is 11.8 Å². The number of halogens is 2. The fourth-order valence-corrected chi connectivity index (χ4v) is 3.12.